The lowest BCUT2D eigenvalue weighted by molar-refractivity contribution is -0.136. The molecule has 116 valence electrons. The summed E-state index contributed by atoms with van der Waals surface area (Å²) in [6.45, 7) is 3.80. The number of urea groups is 1. The topological polar surface area (TPSA) is 78.9 Å². The molecule has 0 aliphatic heterocycles. The molecule has 21 heavy (non-hydrogen) atoms. The van der Waals surface area contributed by atoms with Crippen LogP contribution in [0, 0.1) is 0 Å². The number of amides is 2. The number of para-hydroxylation sites is 1. The van der Waals surface area contributed by atoms with Gasteiger partial charge in [-0.05, 0) is 25.5 Å². The Hall–Kier alpha value is -2.08. The Kier molecular flexibility index (Phi) is 7.89. The third-order valence-corrected chi connectivity index (χ3v) is 2.81. The van der Waals surface area contributed by atoms with Gasteiger partial charge in [0.2, 0.25) is 0 Å². The fourth-order valence-electron chi connectivity index (χ4n) is 1.77. The van der Waals surface area contributed by atoms with Gasteiger partial charge in [-0.25, -0.2) is 4.79 Å². The number of anilines is 1. The molecule has 1 aromatic carbocycles. The van der Waals surface area contributed by atoms with Crippen LogP contribution in [0.2, 0.25) is 0 Å². The number of nitrogens with one attached hydrogen (secondary N) is 1. The number of nitrogens with zero attached hydrogens (tertiary/aromatic N) is 1. The zero-order valence-electron chi connectivity index (χ0n) is 12.2. The van der Waals surface area contributed by atoms with Crippen LogP contribution in [0.1, 0.15) is 19.8 Å². The van der Waals surface area contributed by atoms with Crippen molar-refractivity contribution in [1.29, 1.82) is 0 Å². The molecule has 6 heteroatoms. The zero-order chi connectivity index (χ0) is 15.5. The summed E-state index contributed by atoms with van der Waals surface area (Å²) in [5.41, 5.74) is 0.682. The average molecular weight is 294 g/mol. The number of aliphatic carboxylic acids is 1. The molecule has 1 aromatic rings. The van der Waals surface area contributed by atoms with Gasteiger partial charge in [-0.3, -0.25) is 9.69 Å². The first-order valence-corrected chi connectivity index (χ1v) is 7.05. The van der Waals surface area contributed by atoms with E-state index in [4.69, 9.17) is 9.84 Å². The van der Waals surface area contributed by atoms with Crippen LogP contribution in [0.4, 0.5) is 10.5 Å². The molecule has 0 aromatic heterocycles. The molecule has 0 atom stereocenters. The molecule has 0 aliphatic carbocycles. The van der Waals surface area contributed by atoms with Crippen molar-refractivity contribution in [2.45, 2.75) is 19.8 Å². The van der Waals surface area contributed by atoms with Gasteiger partial charge in [0.05, 0.1) is 6.42 Å². The summed E-state index contributed by atoms with van der Waals surface area (Å²) in [4.78, 5) is 24.3. The van der Waals surface area contributed by atoms with Crippen molar-refractivity contribution in [2.75, 3.05) is 31.2 Å². The summed E-state index contributed by atoms with van der Waals surface area (Å²) in [6, 6.07) is 8.73. The molecule has 6 nitrogen and oxygen atoms in total. The molecular formula is C15H22N2O4. The van der Waals surface area contributed by atoms with Gasteiger partial charge in [-0.2, -0.15) is 0 Å². The maximum atomic E-state index is 12.2. The average Bonchev–Trinajstić information content (AvgIpc) is 2.48. The van der Waals surface area contributed by atoms with Crippen molar-refractivity contribution >= 4 is 17.7 Å². The van der Waals surface area contributed by atoms with Gasteiger partial charge in [-0.15, -0.1) is 0 Å². The minimum Gasteiger partial charge on any atom is -0.481 e. The fourth-order valence-corrected chi connectivity index (χ4v) is 1.77. The molecule has 0 saturated heterocycles. The number of hydrogen-bond donors (Lipinski definition) is 2. The summed E-state index contributed by atoms with van der Waals surface area (Å²) in [5, 5.41) is 11.6. The molecule has 0 fully saturated rings. The third-order valence-electron chi connectivity index (χ3n) is 2.81. The molecule has 0 heterocycles. The molecule has 0 aliphatic rings. The summed E-state index contributed by atoms with van der Waals surface area (Å²) in [5.74, 6) is -0.930. The molecule has 0 radical (unpaired) electrons. The van der Waals surface area contributed by atoms with Crippen molar-refractivity contribution in [3.8, 4) is 0 Å². The van der Waals surface area contributed by atoms with Gasteiger partial charge in [-0.1, -0.05) is 18.2 Å². The Bertz CT molecular complexity index is 437. The lowest BCUT2D eigenvalue weighted by Gasteiger charge is -2.22. The minimum absolute atomic E-state index is 0.0960. The molecule has 0 bridgehead atoms. The standard InChI is InChI=1S/C15H22N2O4/c1-2-21-12-6-10-16-15(20)17(11-9-14(18)19)13-7-4-3-5-8-13/h3-5,7-8H,2,6,9-12H2,1H3,(H,16,20)(H,18,19). The lowest BCUT2D eigenvalue weighted by atomic mass is 10.2. The summed E-state index contributed by atoms with van der Waals surface area (Å²) < 4.78 is 5.20. The number of carbonyl (C=O) groups excluding carboxylic acids is 1. The van der Waals surface area contributed by atoms with Gasteiger partial charge in [0, 0.05) is 32.0 Å². The largest absolute Gasteiger partial charge is 0.481 e. The van der Waals surface area contributed by atoms with Crippen molar-refractivity contribution < 1.29 is 19.4 Å². The number of rotatable bonds is 9. The molecule has 0 saturated carbocycles. The molecule has 1 rings (SSSR count). The molecule has 2 N–H and O–H groups in total. The SMILES string of the molecule is CCOCCCNC(=O)N(CCC(=O)O)c1ccccc1. The first kappa shape index (κ1) is 17.0. The second-order valence-electron chi connectivity index (χ2n) is 4.41. The summed E-state index contributed by atoms with van der Waals surface area (Å²) in [6.07, 6.45) is 0.627. The van der Waals surface area contributed by atoms with Crippen LogP contribution >= 0.6 is 0 Å². The number of benzene rings is 1. The Morgan fingerprint density at radius 1 is 1.29 bits per heavy atom. The lowest BCUT2D eigenvalue weighted by Crippen LogP contribution is -2.41. The fraction of sp³-hybridized carbons (Fsp3) is 0.467. The highest BCUT2D eigenvalue weighted by atomic mass is 16.5. The highest BCUT2D eigenvalue weighted by Crippen LogP contribution is 2.13. The van der Waals surface area contributed by atoms with Crippen LogP contribution in [0.5, 0.6) is 0 Å². The van der Waals surface area contributed by atoms with Crippen LogP contribution in [-0.4, -0.2) is 43.4 Å². The van der Waals surface area contributed by atoms with Gasteiger partial charge < -0.3 is 15.2 Å². The number of carbonyl (C=O) groups is 2. The van der Waals surface area contributed by atoms with E-state index >= 15 is 0 Å². The molecule has 2 amide bonds. The minimum atomic E-state index is -0.930. The van der Waals surface area contributed by atoms with E-state index in [9.17, 15) is 9.59 Å². The Labute approximate surface area is 124 Å². The number of hydrogen-bond acceptors (Lipinski definition) is 3. The second-order valence-corrected chi connectivity index (χ2v) is 4.41. The normalized spacial score (nSPS) is 10.1. The van der Waals surface area contributed by atoms with Gasteiger partial charge in [0.25, 0.3) is 0 Å². The monoisotopic (exact) mass is 294 g/mol. The van der Waals surface area contributed by atoms with E-state index in [2.05, 4.69) is 5.32 Å². The van der Waals surface area contributed by atoms with Crippen molar-refractivity contribution in [2.24, 2.45) is 0 Å². The Morgan fingerprint density at radius 2 is 2.00 bits per heavy atom. The van der Waals surface area contributed by atoms with Crippen LogP contribution in [0.3, 0.4) is 0 Å². The van der Waals surface area contributed by atoms with Crippen molar-refractivity contribution in [3.63, 3.8) is 0 Å². The van der Waals surface area contributed by atoms with E-state index in [0.717, 1.165) is 6.42 Å². The zero-order valence-corrected chi connectivity index (χ0v) is 12.2. The Morgan fingerprint density at radius 3 is 2.62 bits per heavy atom. The highest BCUT2D eigenvalue weighted by Gasteiger charge is 2.16. The maximum absolute atomic E-state index is 12.2. The number of carboxylic acid groups (broad SMARTS) is 1. The van der Waals surface area contributed by atoms with E-state index in [1.165, 1.54) is 4.90 Å². The van der Waals surface area contributed by atoms with Crippen LogP contribution in [0.25, 0.3) is 0 Å². The van der Waals surface area contributed by atoms with Gasteiger partial charge >= 0.3 is 12.0 Å². The molecule has 0 spiro atoms. The number of ether oxygens (including phenoxy) is 1. The predicted molar refractivity (Wildman–Crippen MR) is 80.5 cm³/mol. The van der Waals surface area contributed by atoms with E-state index in [0.29, 0.717) is 25.4 Å². The molecule has 0 unspecified atom stereocenters. The number of carboxylic acids is 1. The quantitative estimate of drug-likeness (QED) is 0.684. The third kappa shape index (κ3) is 6.76. The highest BCUT2D eigenvalue weighted by molar-refractivity contribution is 5.92. The van der Waals surface area contributed by atoms with Crippen LogP contribution in [-0.2, 0) is 9.53 Å². The van der Waals surface area contributed by atoms with Gasteiger partial charge in [0.15, 0.2) is 0 Å². The van der Waals surface area contributed by atoms with E-state index in [1.54, 1.807) is 12.1 Å². The van der Waals surface area contributed by atoms with E-state index < -0.39 is 5.97 Å². The first-order chi connectivity index (χ1) is 10.1. The van der Waals surface area contributed by atoms with Crippen molar-refractivity contribution in [1.82, 2.24) is 5.32 Å². The van der Waals surface area contributed by atoms with E-state index in [1.807, 2.05) is 25.1 Å². The van der Waals surface area contributed by atoms with Crippen LogP contribution in [0.15, 0.2) is 30.3 Å². The van der Waals surface area contributed by atoms with Gasteiger partial charge in [0.1, 0.15) is 0 Å². The van der Waals surface area contributed by atoms with Crippen LogP contribution < -0.4 is 10.2 Å². The molecular weight excluding hydrogens is 272 g/mol. The first-order valence-electron chi connectivity index (χ1n) is 7.05. The second kappa shape index (κ2) is 9.77. The van der Waals surface area contributed by atoms with E-state index in [-0.39, 0.29) is 19.0 Å². The summed E-state index contributed by atoms with van der Waals surface area (Å²) in [7, 11) is 0. The van der Waals surface area contributed by atoms with Crippen molar-refractivity contribution in [3.05, 3.63) is 30.3 Å². The summed E-state index contributed by atoms with van der Waals surface area (Å²) >= 11 is 0. The smallest absolute Gasteiger partial charge is 0.321 e. The predicted octanol–water partition coefficient (Wildman–Crippen LogP) is 2.10. The maximum Gasteiger partial charge on any atom is 0.321 e. The Balaban J connectivity index is 2.55.